The monoisotopic (exact) mass is 500 g/mol. The third-order valence-corrected chi connectivity index (χ3v) is 5.99. The summed E-state index contributed by atoms with van der Waals surface area (Å²) in [6.45, 7) is 5.66. The van der Waals surface area contributed by atoms with E-state index < -0.39 is 29.4 Å². The molecule has 192 valence electrons. The van der Waals surface area contributed by atoms with Crippen LogP contribution in [0.15, 0.2) is 73.1 Å². The highest BCUT2D eigenvalue weighted by Crippen LogP contribution is 2.25. The molecule has 0 unspecified atom stereocenters. The van der Waals surface area contributed by atoms with Crippen LogP contribution in [0, 0.1) is 16.7 Å². The van der Waals surface area contributed by atoms with E-state index in [1.54, 1.807) is 29.1 Å². The third kappa shape index (κ3) is 7.31. The molecule has 37 heavy (non-hydrogen) atoms. The van der Waals surface area contributed by atoms with Crippen LogP contribution >= 0.6 is 0 Å². The minimum absolute atomic E-state index is 0.0963. The van der Waals surface area contributed by atoms with Gasteiger partial charge in [-0.05, 0) is 40.3 Å². The Morgan fingerprint density at radius 2 is 1.65 bits per heavy atom. The number of hydrogen-bond donors (Lipinski definition) is 2. The summed E-state index contributed by atoms with van der Waals surface area (Å²) in [4.78, 5) is 38.8. The van der Waals surface area contributed by atoms with Crippen LogP contribution in [-0.2, 0) is 25.7 Å². The molecule has 0 aliphatic heterocycles. The molecule has 8 heteroatoms. The Kier molecular flexibility index (Phi) is 8.86. The van der Waals surface area contributed by atoms with Gasteiger partial charge in [-0.15, -0.1) is 0 Å². The summed E-state index contributed by atoms with van der Waals surface area (Å²) in [5.41, 5.74) is 2.51. The van der Waals surface area contributed by atoms with E-state index in [1.807, 2.05) is 69.3 Å². The average Bonchev–Trinajstić information content (AvgIpc) is 3.38. The van der Waals surface area contributed by atoms with Gasteiger partial charge in [0.15, 0.2) is 0 Å². The number of ether oxygens (including phenoxy) is 1. The first kappa shape index (κ1) is 27.2. The summed E-state index contributed by atoms with van der Waals surface area (Å²) in [6.07, 6.45) is 3.26. The van der Waals surface area contributed by atoms with E-state index in [0.717, 1.165) is 16.7 Å². The maximum Gasteiger partial charge on any atom is 0.308 e. The number of hydrogen-bond acceptors (Lipinski definition) is 5. The second-order valence-electron chi connectivity index (χ2n) is 9.82. The quantitative estimate of drug-likeness (QED) is 0.432. The maximum absolute atomic E-state index is 13.5. The van der Waals surface area contributed by atoms with Crippen LogP contribution in [0.3, 0.4) is 0 Å². The van der Waals surface area contributed by atoms with Crippen LogP contribution in [0.1, 0.15) is 44.4 Å². The highest BCUT2D eigenvalue weighted by molar-refractivity contribution is 5.91. The van der Waals surface area contributed by atoms with E-state index >= 15 is 0 Å². The fraction of sp³-hybridized carbons (Fsp3) is 0.310. The SMILES string of the molecule is CNC(=O)[C@@H](NC(=O)[C@@H](CC(=O)OCc1ccccc1)n1ccc(-c2ccc(C#N)cc2)c1)C(C)(C)C. The molecule has 0 saturated carbocycles. The number of aromatic nitrogens is 1. The molecule has 8 nitrogen and oxygen atoms in total. The molecule has 3 rings (SSSR count). The number of benzene rings is 2. The molecule has 1 heterocycles. The molecule has 1 aromatic heterocycles. The first-order valence-electron chi connectivity index (χ1n) is 12.0. The number of amides is 2. The normalized spacial score (nSPS) is 12.6. The van der Waals surface area contributed by atoms with Gasteiger partial charge in [0.1, 0.15) is 18.7 Å². The lowest BCUT2D eigenvalue weighted by Crippen LogP contribution is -2.54. The number of likely N-dealkylation sites (N-methyl/N-ethyl adjacent to an activating group) is 1. The molecule has 2 N–H and O–H groups in total. The summed E-state index contributed by atoms with van der Waals surface area (Å²) in [5.74, 6) is -1.33. The van der Waals surface area contributed by atoms with Crippen molar-refractivity contribution < 1.29 is 19.1 Å². The largest absolute Gasteiger partial charge is 0.461 e. The van der Waals surface area contributed by atoms with Gasteiger partial charge in [-0.25, -0.2) is 0 Å². The predicted octanol–water partition coefficient (Wildman–Crippen LogP) is 3.98. The zero-order chi connectivity index (χ0) is 27.0. The zero-order valence-electron chi connectivity index (χ0n) is 21.5. The van der Waals surface area contributed by atoms with Gasteiger partial charge >= 0.3 is 5.97 Å². The predicted molar refractivity (Wildman–Crippen MR) is 140 cm³/mol. The Morgan fingerprint density at radius 3 is 2.24 bits per heavy atom. The number of nitrogens with one attached hydrogen (secondary N) is 2. The van der Waals surface area contributed by atoms with Crippen LogP contribution in [0.4, 0.5) is 0 Å². The number of carbonyl (C=O) groups excluding carboxylic acids is 3. The van der Waals surface area contributed by atoms with Crippen LogP contribution in [0.2, 0.25) is 0 Å². The standard InChI is InChI=1S/C29H32N4O4/c1-29(2,3)26(28(36)31-4)32-27(35)24(16-25(34)37-19-21-8-6-5-7-9-21)33-15-14-23(18-33)22-12-10-20(17-30)11-13-22/h5-15,18,24,26H,16,19H2,1-4H3,(H,31,36)(H,32,35)/t24-,26-/m1/s1. The fourth-order valence-corrected chi connectivity index (χ4v) is 3.86. The maximum atomic E-state index is 13.5. The number of esters is 1. The average molecular weight is 501 g/mol. The molecule has 0 radical (unpaired) electrons. The Bertz CT molecular complexity index is 1270. The van der Waals surface area contributed by atoms with Crippen LogP contribution in [0.5, 0.6) is 0 Å². The topological polar surface area (TPSA) is 113 Å². The Hall–Kier alpha value is -4.38. The summed E-state index contributed by atoms with van der Waals surface area (Å²) < 4.78 is 7.09. The molecular weight excluding hydrogens is 468 g/mol. The molecule has 3 aromatic rings. The molecule has 2 aromatic carbocycles. The van der Waals surface area contributed by atoms with Crippen molar-refractivity contribution >= 4 is 17.8 Å². The van der Waals surface area contributed by atoms with Crippen molar-refractivity contribution in [3.8, 4) is 17.2 Å². The smallest absolute Gasteiger partial charge is 0.308 e. The summed E-state index contributed by atoms with van der Waals surface area (Å²) in [6, 6.07) is 18.5. The van der Waals surface area contributed by atoms with E-state index in [9.17, 15) is 14.4 Å². The molecule has 0 saturated heterocycles. The van der Waals surface area contributed by atoms with E-state index in [1.165, 1.54) is 7.05 Å². The lowest BCUT2D eigenvalue weighted by atomic mass is 9.86. The Labute approximate surface area is 217 Å². The van der Waals surface area contributed by atoms with Crippen molar-refractivity contribution in [3.05, 3.63) is 84.2 Å². The lowest BCUT2D eigenvalue weighted by Gasteiger charge is -2.31. The van der Waals surface area contributed by atoms with E-state index in [2.05, 4.69) is 16.7 Å². The summed E-state index contributed by atoms with van der Waals surface area (Å²) in [7, 11) is 1.52. The lowest BCUT2D eigenvalue weighted by molar-refractivity contribution is -0.148. The van der Waals surface area contributed by atoms with E-state index in [-0.39, 0.29) is 18.9 Å². The van der Waals surface area contributed by atoms with Gasteiger partial charge in [0.25, 0.3) is 0 Å². The van der Waals surface area contributed by atoms with Crippen molar-refractivity contribution in [2.45, 2.75) is 45.9 Å². The molecule has 0 aliphatic rings. The molecule has 0 fully saturated rings. The van der Waals surface area contributed by atoms with E-state index in [4.69, 9.17) is 10.00 Å². The van der Waals surface area contributed by atoms with Crippen LogP contribution < -0.4 is 10.6 Å². The fourth-order valence-electron chi connectivity index (χ4n) is 3.86. The van der Waals surface area contributed by atoms with Gasteiger partial charge in [-0.1, -0.05) is 63.2 Å². The molecule has 0 spiro atoms. The number of carbonyl (C=O) groups is 3. The number of nitrogens with zero attached hydrogens (tertiary/aromatic N) is 2. The first-order valence-corrected chi connectivity index (χ1v) is 12.0. The summed E-state index contributed by atoms with van der Waals surface area (Å²) >= 11 is 0. The van der Waals surface area contributed by atoms with Gasteiger partial charge in [-0.2, -0.15) is 5.26 Å². The molecule has 0 bridgehead atoms. The highest BCUT2D eigenvalue weighted by atomic mass is 16.5. The molecule has 2 amide bonds. The minimum Gasteiger partial charge on any atom is -0.461 e. The first-order chi connectivity index (χ1) is 17.6. The highest BCUT2D eigenvalue weighted by Gasteiger charge is 2.35. The van der Waals surface area contributed by atoms with Crippen LogP contribution in [-0.4, -0.2) is 35.4 Å². The van der Waals surface area contributed by atoms with Crippen LogP contribution in [0.25, 0.3) is 11.1 Å². The molecular formula is C29H32N4O4. The van der Waals surface area contributed by atoms with E-state index in [0.29, 0.717) is 5.56 Å². The van der Waals surface area contributed by atoms with Gasteiger partial charge < -0.3 is 19.9 Å². The van der Waals surface area contributed by atoms with Gasteiger partial charge in [0.05, 0.1) is 18.1 Å². The van der Waals surface area contributed by atoms with Crippen molar-refractivity contribution in [1.82, 2.24) is 15.2 Å². The van der Waals surface area contributed by atoms with Crippen molar-refractivity contribution in [2.75, 3.05) is 7.05 Å². The molecule has 2 atom stereocenters. The van der Waals surface area contributed by atoms with Crippen molar-refractivity contribution in [2.24, 2.45) is 5.41 Å². The van der Waals surface area contributed by atoms with Gasteiger partial charge in [-0.3, -0.25) is 14.4 Å². The molecule has 0 aliphatic carbocycles. The van der Waals surface area contributed by atoms with Crippen molar-refractivity contribution in [1.29, 1.82) is 5.26 Å². The van der Waals surface area contributed by atoms with Gasteiger partial charge in [0.2, 0.25) is 11.8 Å². The zero-order valence-corrected chi connectivity index (χ0v) is 21.5. The van der Waals surface area contributed by atoms with Crippen molar-refractivity contribution in [3.63, 3.8) is 0 Å². The second kappa shape index (κ2) is 12.0. The minimum atomic E-state index is -0.940. The Morgan fingerprint density at radius 1 is 0.973 bits per heavy atom. The Balaban J connectivity index is 1.85. The number of nitriles is 1. The number of rotatable bonds is 9. The summed E-state index contributed by atoms with van der Waals surface area (Å²) in [5, 5.41) is 14.5. The van der Waals surface area contributed by atoms with Gasteiger partial charge in [0, 0.05) is 19.4 Å². The second-order valence-corrected chi connectivity index (χ2v) is 9.82. The third-order valence-electron chi connectivity index (χ3n) is 5.99.